The third kappa shape index (κ3) is 2.33. The molecular formula is C13H12N2O2S2. The summed E-state index contributed by atoms with van der Waals surface area (Å²) in [5.74, 6) is 0.248. The molecule has 2 aromatic rings. The van der Waals surface area contributed by atoms with E-state index in [1.807, 2.05) is 11.4 Å². The first-order valence-corrected chi connectivity index (χ1v) is 7.27. The lowest BCUT2D eigenvalue weighted by Gasteiger charge is -2.11. The number of hydrogen-bond donors (Lipinski definition) is 2. The van der Waals surface area contributed by atoms with E-state index in [1.54, 1.807) is 23.1 Å². The van der Waals surface area contributed by atoms with Gasteiger partial charge in [-0.2, -0.15) is 12.6 Å². The van der Waals surface area contributed by atoms with Gasteiger partial charge in [0.15, 0.2) is 5.13 Å². The number of hydrogen-bond acceptors (Lipinski definition) is 5. The van der Waals surface area contributed by atoms with Crippen LogP contribution in [0.5, 0.6) is 5.75 Å². The number of rotatable bonds is 2. The number of carbonyl (C=O) groups is 1. The van der Waals surface area contributed by atoms with Crippen LogP contribution in [-0.2, 0) is 4.79 Å². The van der Waals surface area contributed by atoms with Crippen molar-refractivity contribution in [2.24, 2.45) is 0 Å². The second kappa shape index (κ2) is 4.86. The molecule has 1 aromatic carbocycles. The molecular weight excluding hydrogens is 280 g/mol. The Morgan fingerprint density at radius 1 is 1.42 bits per heavy atom. The van der Waals surface area contributed by atoms with Crippen LogP contribution in [0.3, 0.4) is 0 Å². The summed E-state index contributed by atoms with van der Waals surface area (Å²) < 4.78 is 0. The Morgan fingerprint density at radius 3 is 2.89 bits per heavy atom. The van der Waals surface area contributed by atoms with Gasteiger partial charge < -0.3 is 5.11 Å². The van der Waals surface area contributed by atoms with Gasteiger partial charge in [-0.15, -0.1) is 11.3 Å². The lowest BCUT2D eigenvalue weighted by atomic mass is 10.1. The molecule has 0 spiro atoms. The lowest BCUT2D eigenvalue weighted by Crippen LogP contribution is -2.24. The fourth-order valence-electron chi connectivity index (χ4n) is 2.08. The summed E-state index contributed by atoms with van der Waals surface area (Å²) in [6, 6.07) is 7.04. The molecule has 6 heteroatoms. The highest BCUT2D eigenvalue weighted by Crippen LogP contribution is 2.34. The molecule has 0 aliphatic carbocycles. The van der Waals surface area contributed by atoms with Crippen molar-refractivity contribution in [2.75, 3.05) is 11.4 Å². The van der Waals surface area contributed by atoms with E-state index in [-0.39, 0.29) is 16.9 Å². The number of phenols is 1. The molecule has 1 amide bonds. The van der Waals surface area contributed by atoms with Crippen LogP contribution in [-0.4, -0.2) is 27.8 Å². The van der Waals surface area contributed by atoms with E-state index in [0.29, 0.717) is 29.4 Å². The predicted molar refractivity (Wildman–Crippen MR) is 79.0 cm³/mol. The number of thiol groups is 1. The summed E-state index contributed by atoms with van der Waals surface area (Å²) >= 11 is 5.73. The molecule has 0 saturated carbocycles. The molecule has 0 bridgehead atoms. The van der Waals surface area contributed by atoms with Crippen LogP contribution < -0.4 is 4.90 Å². The molecule has 2 heterocycles. The van der Waals surface area contributed by atoms with Crippen molar-refractivity contribution in [2.45, 2.75) is 11.7 Å². The van der Waals surface area contributed by atoms with E-state index >= 15 is 0 Å². The lowest BCUT2D eigenvalue weighted by molar-refractivity contribution is -0.117. The molecule has 1 unspecified atom stereocenters. The van der Waals surface area contributed by atoms with Crippen LogP contribution in [0.15, 0.2) is 29.6 Å². The maximum Gasteiger partial charge on any atom is 0.229 e. The van der Waals surface area contributed by atoms with Gasteiger partial charge in [-0.1, -0.05) is 12.1 Å². The monoisotopic (exact) mass is 292 g/mol. The SMILES string of the molecule is O=C1CC(S)CN1c1nc(-c2ccccc2O)cs1. The van der Waals surface area contributed by atoms with Crippen molar-refractivity contribution >= 4 is 35.0 Å². The Hall–Kier alpha value is -1.53. The van der Waals surface area contributed by atoms with Gasteiger partial charge in [0.05, 0.1) is 5.69 Å². The molecule has 1 aliphatic rings. The van der Waals surface area contributed by atoms with Gasteiger partial charge >= 0.3 is 0 Å². The first-order chi connectivity index (χ1) is 9.15. The quantitative estimate of drug-likeness (QED) is 0.836. The highest BCUT2D eigenvalue weighted by Gasteiger charge is 2.30. The Morgan fingerprint density at radius 2 is 2.21 bits per heavy atom. The van der Waals surface area contributed by atoms with E-state index in [1.165, 1.54) is 11.3 Å². The van der Waals surface area contributed by atoms with Crippen molar-refractivity contribution in [3.05, 3.63) is 29.6 Å². The number of thiazole rings is 1. The van der Waals surface area contributed by atoms with Crippen molar-refractivity contribution in [3.8, 4) is 17.0 Å². The summed E-state index contributed by atoms with van der Waals surface area (Å²) in [7, 11) is 0. The largest absolute Gasteiger partial charge is 0.507 e. The molecule has 98 valence electrons. The zero-order valence-electron chi connectivity index (χ0n) is 9.98. The number of carbonyl (C=O) groups excluding carboxylic acids is 1. The first kappa shape index (κ1) is 12.5. The van der Waals surface area contributed by atoms with Gasteiger partial charge in [-0.05, 0) is 12.1 Å². The predicted octanol–water partition coefficient (Wildman–Crippen LogP) is 2.55. The molecule has 3 rings (SSSR count). The van der Waals surface area contributed by atoms with E-state index in [2.05, 4.69) is 17.6 Å². The third-order valence-electron chi connectivity index (χ3n) is 3.01. The molecule has 0 radical (unpaired) electrons. The highest BCUT2D eigenvalue weighted by atomic mass is 32.1. The smallest absolute Gasteiger partial charge is 0.229 e. The summed E-state index contributed by atoms with van der Waals surface area (Å²) in [5, 5.41) is 12.4. The van der Waals surface area contributed by atoms with Crippen LogP contribution in [0.1, 0.15) is 6.42 Å². The van der Waals surface area contributed by atoms with Crippen molar-refractivity contribution < 1.29 is 9.90 Å². The standard InChI is InChI=1S/C13H12N2O2S2/c16-11-4-2-1-3-9(11)10-7-19-13(14-10)15-6-8(18)5-12(15)17/h1-4,7-8,16,18H,5-6H2. The average molecular weight is 292 g/mol. The van der Waals surface area contributed by atoms with Crippen molar-refractivity contribution in [1.29, 1.82) is 0 Å². The number of benzene rings is 1. The zero-order chi connectivity index (χ0) is 13.4. The zero-order valence-corrected chi connectivity index (χ0v) is 11.7. The highest BCUT2D eigenvalue weighted by molar-refractivity contribution is 7.81. The van der Waals surface area contributed by atoms with Crippen LogP contribution in [0.4, 0.5) is 5.13 Å². The maximum atomic E-state index is 11.8. The number of phenolic OH excluding ortho intramolecular Hbond substituents is 1. The Bertz CT molecular complexity index is 627. The molecule has 1 saturated heterocycles. The average Bonchev–Trinajstić information content (AvgIpc) is 2.96. The normalized spacial score (nSPS) is 19.1. The van der Waals surface area contributed by atoms with E-state index in [9.17, 15) is 9.90 Å². The van der Waals surface area contributed by atoms with Gasteiger partial charge in [0.25, 0.3) is 0 Å². The van der Waals surface area contributed by atoms with Gasteiger partial charge in [0.2, 0.25) is 5.91 Å². The van der Waals surface area contributed by atoms with Crippen molar-refractivity contribution in [1.82, 2.24) is 4.98 Å². The molecule has 1 N–H and O–H groups in total. The second-order valence-electron chi connectivity index (χ2n) is 4.39. The van der Waals surface area contributed by atoms with E-state index < -0.39 is 0 Å². The van der Waals surface area contributed by atoms with E-state index in [0.717, 1.165) is 0 Å². The van der Waals surface area contributed by atoms with Crippen molar-refractivity contribution in [3.63, 3.8) is 0 Å². The van der Waals surface area contributed by atoms with Gasteiger partial charge in [0, 0.05) is 29.2 Å². The molecule has 1 aliphatic heterocycles. The fraction of sp³-hybridized carbons (Fsp3) is 0.231. The topological polar surface area (TPSA) is 53.4 Å². The minimum Gasteiger partial charge on any atom is -0.507 e. The van der Waals surface area contributed by atoms with Gasteiger partial charge in [0.1, 0.15) is 5.75 Å². The third-order valence-corrected chi connectivity index (χ3v) is 4.22. The van der Waals surface area contributed by atoms with Gasteiger partial charge in [-0.25, -0.2) is 4.98 Å². The van der Waals surface area contributed by atoms with Crippen LogP contribution in [0, 0.1) is 0 Å². The van der Waals surface area contributed by atoms with Crippen LogP contribution in [0.2, 0.25) is 0 Å². The summed E-state index contributed by atoms with van der Waals surface area (Å²) in [5.41, 5.74) is 1.37. The van der Waals surface area contributed by atoms with Crippen LogP contribution in [0.25, 0.3) is 11.3 Å². The molecule has 1 fully saturated rings. The molecule has 1 aromatic heterocycles. The second-order valence-corrected chi connectivity index (χ2v) is 5.96. The first-order valence-electron chi connectivity index (χ1n) is 5.87. The summed E-state index contributed by atoms with van der Waals surface area (Å²) in [6.07, 6.45) is 0.453. The number of nitrogens with zero attached hydrogens (tertiary/aromatic N) is 2. The molecule has 19 heavy (non-hydrogen) atoms. The number of aromatic nitrogens is 1. The number of anilines is 1. The Balaban J connectivity index is 1.92. The Kier molecular flexibility index (Phi) is 3.20. The Labute approximate surface area is 120 Å². The van der Waals surface area contributed by atoms with E-state index in [4.69, 9.17) is 0 Å². The minimum absolute atomic E-state index is 0.0539. The number of amides is 1. The number of para-hydroxylation sites is 1. The van der Waals surface area contributed by atoms with Crippen LogP contribution >= 0.6 is 24.0 Å². The fourth-order valence-corrected chi connectivity index (χ4v) is 3.25. The maximum absolute atomic E-state index is 11.8. The summed E-state index contributed by atoms with van der Waals surface area (Å²) in [6.45, 7) is 0.593. The van der Waals surface area contributed by atoms with Gasteiger partial charge in [-0.3, -0.25) is 9.69 Å². The summed E-state index contributed by atoms with van der Waals surface area (Å²) in [4.78, 5) is 17.9. The molecule has 1 atom stereocenters. The molecule has 4 nitrogen and oxygen atoms in total. The number of aromatic hydroxyl groups is 1. The minimum atomic E-state index is 0.0539.